The number of hydrogen-bond donors (Lipinski definition) is 3. The molecule has 6 nitrogen and oxygen atoms in total. The highest BCUT2D eigenvalue weighted by atomic mass is 127. The van der Waals surface area contributed by atoms with Crippen LogP contribution in [0, 0.1) is 5.41 Å². The minimum absolute atomic E-state index is 0.176. The molecular formula is C17H25IN2O4. The monoisotopic (exact) mass is 448 g/mol. The molecule has 2 atom stereocenters. The van der Waals surface area contributed by atoms with Gasteiger partial charge in [0.1, 0.15) is 6.61 Å². The Balaban J connectivity index is 2.55. The van der Waals surface area contributed by atoms with Crippen molar-refractivity contribution >= 4 is 34.8 Å². The Bertz CT molecular complexity index is 531. The third-order valence-corrected chi connectivity index (χ3v) is 4.65. The van der Waals surface area contributed by atoms with Gasteiger partial charge in [-0.2, -0.15) is 0 Å². The van der Waals surface area contributed by atoms with Crippen molar-refractivity contribution in [3.05, 3.63) is 35.9 Å². The topological polar surface area (TPSA) is 87.7 Å². The number of carbonyl (C=O) groups excluding carboxylic acids is 1. The van der Waals surface area contributed by atoms with E-state index in [1.165, 1.54) is 0 Å². The van der Waals surface area contributed by atoms with Gasteiger partial charge in [-0.25, -0.2) is 9.59 Å². The van der Waals surface area contributed by atoms with Crippen molar-refractivity contribution in [1.29, 1.82) is 0 Å². The van der Waals surface area contributed by atoms with E-state index in [0.29, 0.717) is 10.8 Å². The van der Waals surface area contributed by atoms with Crippen molar-refractivity contribution in [2.45, 2.75) is 45.9 Å². The largest absolute Gasteiger partial charge is 0.465 e. The average molecular weight is 448 g/mol. The van der Waals surface area contributed by atoms with E-state index >= 15 is 0 Å². The third kappa shape index (κ3) is 7.85. The Morgan fingerprint density at radius 2 is 1.83 bits per heavy atom. The molecule has 1 rings (SSSR count). The Labute approximate surface area is 156 Å². The first-order valence-corrected chi connectivity index (χ1v) is 9.27. The lowest BCUT2D eigenvalue weighted by molar-refractivity contribution is 0.133. The summed E-state index contributed by atoms with van der Waals surface area (Å²) in [7, 11) is 0. The number of halogens is 1. The maximum absolute atomic E-state index is 12.0. The van der Waals surface area contributed by atoms with E-state index in [1.54, 1.807) is 0 Å². The average Bonchev–Trinajstić information content (AvgIpc) is 2.51. The summed E-state index contributed by atoms with van der Waals surface area (Å²) in [6.07, 6.45) is -1.06. The highest BCUT2D eigenvalue weighted by molar-refractivity contribution is 14.1. The fourth-order valence-corrected chi connectivity index (χ4v) is 2.73. The summed E-state index contributed by atoms with van der Waals surface area (Å²) < 4.78 is 5.88. The van der Waals surface area contributed by atoms with Crippen molar-refractivity contribution in [2.75, 3.05) is 4.43 Å². The zero-order valence-electron chi connectivity index (χ0n) is 14.2. The Kier molecular flexibility index (Phi) is 8.30. The van der Waals surface area contributed by atoms with Crippen LogP contribution in [0.5, 0.6) is 0 Å². The van der Waals surface area contributed by atoms with E-state index in [9.17, 15) is 9.59 Å². The van der Waals surface area contributed by atoms with E-state index < -0.39 is 12.2 Å². The number of carbonyl (C=O) groups is 2. The lowest BCUT2D eigenvalue weighted by Gasteiger charge is -2.33. The van der Waals surface area contributed by atoms with E-state index in [4.69, 9.17) is 9.84 Å². The minimum atomic E-state index is -1.06. The van der Waals surface area contributed by atoms with Crippen LogP contribution in [-0.2, 0) is 11.3 Å². The first kappa shape index (κ1) is 20.5. The third-order valence-electron chi connectivity index (χ3n) is 3.58. The lowest BCUT2D eigenvalue weighted by atomic mass is 9.83. The van der Waals surface area contributed by atoms with Gasteiger partial charge in [-0.15, -0.1) is 0 Å². The summed E-state index contributed by atoms with van der Waals surface area (Å²) in [5, 5.41) is 14.3. The van der Waals surface area contributed by atoms with Gasteiger partial charge < -0.3 is 20.5 Å². The number of benzene rings is 1. The predicted octanol–water partition coefficient (Wildman–Crippen LogP) is 3.79. The molecule has 7 heteroatoms. The summed E-state index contributed by atoms with van der Waals surface area (Å²) in [6, 6.07) is 8.99. The highest BCUT2D eigenvalue weighted by Crippen LogP contribution is 2.23. The van der Waals surface area contributed by atoms with E-state index in [-0.39, 0.29) is 24.1 Å². The molecule has 0 saturated carbocycles. The van der Waals surface area contributed by atoms with Crippen molar-refractivity contribution in [3.63, 3.8) is 0 Å². The molecule has 0 saturated heterocycles. The fourth-order valence-electron chi connectivity index (χ4n) is 2.15. The van der Waals surface area contributed by atoms with Crippen LogP contribution in [0.3, 0.4) is 0 Å². The van der Waals surface area contributed by atoms with Crippen LogP contribution >= 0.6 is 22.6 Å². The Morgan fingerprint density at radius 3 is 2.33 bits per heavy atom. The molecule has 134 valence electrons. The van der Waals surface area contributed by atoms with Crippen LogP contribution in [0.1, 0.15) is 32.8 Å². The summed E-state index contributed by atoms with van der Waals surface area (Å²) in [5.74, 6) is 0. The van der Waals surface area contributed by atoms with Gasteiger partial charge in [0.15, 0.2) is 0 Å². The van der Waals surface area contributed by atoms with Gasteiger partial charge in [0.2, 0.25) is 0 Å². The molecule has 0 heterocycles. The first-order valence-electron chi connectivity index (χ1n) is 7.75. The highest BCUT2D eigenvalue weighted by Gasteiger charge is 2.29. The number of alkyl halides is 1. The number of nitrogens with one attached hydrogen (secondary N) is 2. The van der Waals surface area contributed by atoms with Crippen LogP contribution in [0.2, 0.25) is 0 Å². The fraction of sp³-hybridized carbons (Fsp3) is 0.529. The van der Waals surface area contributed by atoms with Gasteiger partial charge in [0.05, 0.1) is 0 Å². The van der Waals surface area contributed by atoms with Gasteiger partial charge in [-0.05, 0) is 17.4 Å². The summed E-state index contributed by atoms with van der Waals surface area (Å²) in [6.45, 7) is 6.10. The molecule has 3 N–H and O–H groups in total. The summed E-state index contributed by atoms with van der Waals surface area (Å²) in [4.78, 5) is 22.9. The molecule has 0 aliphatic carbocycles. The first-order chi connectivity index (χ1) is 11.2. The molecule has 24 heavy (non-hydrogen) atoms. The normalized spacial score (nSPS) is 13.7. The van der Waals surface area contributed by atoms with Gasteiger partial charge in [-0.1, -0.05) is 73.7 Å². The van der Waals surface area contributed by atoms with Gasteiger partial charge in [0.25, 0.3) is 0 Å². The minimum Gasteiger partial charge on any atom is -0.465 e. The van der Waals surface area contributed by atoms with Gasteiger partial charge >= 0.3 is 12.2 Å². The number of ether oxygens (including phenoxy) is 1. The molecule has 0 aliphatic heterocycles. The van der Waals surface area contributed by atoms with E-state index in [1.807, 2.05) is 51.1 Å². The molecule has 1 aromatic carbocycles. The van der Waals surface area contributed by atoms with Crippen LogP contribution in [0.15, 0.2) is 30.3 Å². The predicted molar refractivity (Wildman–Crippen MR) is 101 cm³/mol. The lowest BCUT2D eigenvalue weighted by Crippen LogP contribution is -2.49. The van der Waals surface area contributed by atoms with Crippen molar-refractivity contribution in [2.24, 2.45) is 5.41 Å². The number of alkyl carbamates (subject to hydrolysis) is 1. The summed E-state index contributed by atoms with van der Waals surface area (Å²) >= 11 is 2.17. The maximum Gasteiger partial charge on any atom is 0.407 e. The number of carboxylic acid groups (broad SMARTS) is 1. The molecular weight excluding hydrogens is 423 g/mol. The van der Waals surface area contributed by atoms with Crippen molar-refractivity contribution < 1.29 is 19.4 Å². The SMILES string of the molecule is CC(C)(C)C(C[C@H](CI)NC(=O)OCc1ccccc1)NC(=O)O. The number of rotatable bonds is 7. The van der Waals surface area contributed by atoms with Crippen LogP contribution < -0.4 is 10.6 Å². The molecule has 0 radical (unpaired) electrons. The smallest absolute Gasteiger partial charge is 0.407 e. The molecule has 0 fully saturated rings. The number of amides is 2. The second-order valence-electron chi connectivity index (χ2n) is 6.66. The van der Waals surface area contributed by atoms with Crippen LogP contribution in [-0.4, -0.2) is 33.8 Å². The quantitative estimate of drug-likeness (QED) is 0.438. The van der Waals surface area contributed by atoms with Crippen LogP contribution in [0.25, 0.3) is 0 Å². The summed E-state index contributed by atoms with van der Waals surface area (Å²) in [5.41, 5.74) is 0.664. The second kappa shape index (κ2) is 9.71. The van der Waals surface area contributed by atoms with Crippen molar-refractivity contribution in [3.8, 4) is 0 Å². The Morgan fingerprint density at radius 1 is 1.21 bits per heavy atom. The maximum atomic E-state index is 12.0. The molecule has 0 spiro atoms. The van der Waals surface area contributed by atoms with E-state index in [0.717, 1.165) is 5.56 Å². The van der Waals surface area contributed by atoms with Gasteiger partial charge in [0, 0.05) is 16.5 Å². The van der Waals surface area contributed by atoms with Crippen LogP contribution in [0.4, 0.5) is 9.59 Å². The second-order valence-corrected chi connectivity index (χ2v) is 7.54. The zero-order chi connectivity index (χ0) is 18.2. The van der Waals surface area contributed by atoms with Gasteiger partial charge in [-0.3, -0.25) is 0 Å². The molecule has 2 amide bonds. The molecule has 0 aliphatic rings. The Hall–Kier alpha value is -1.51. The molecule has 0 aromatic heterocycles. The molecule has 1 unspecified atom stereocenters. The number of hydrogen-bond acceptors (Lipinski definition) is 3. The molecule has 0 bridgehead atoms. The van der Waals surface area contributed by atoms with Crippen molar-refractivity contribution in [1.82, 2.24) is 10.6 Å². The molecule has 1 aromatic rings. The zero-order valence-corrected chi connectivity index (χ0v) is 16.4. The van der Waals surface area contributed by atoms with E-state index in [2.05, 4.69) is 33.2 Å². The standard InChI is InChI=1S/C17H25IN2O4/c1-17(2,3)14(20-15(21)22)9-13(10-18)19-16(23)24-11-12-7-5-4-6-8-12/h4-8,13-14,20H,9-11H2,1-3H3,(H,19,23)(H,21,22)/t13-,14?/m1/s1.